The Bertz CT molecular complexity index is 316. The van der Waals surface area contributed by atoms with Crippen LogP contribution in [0.4, 0.5) is 0 Å². The van der Waals surface area contributed by atoms with Crippen LogP contribution in [0.1, 0.15) is 38.5 Å². The third-order valence-electron chi connectivity index (χ3n) is 4.15. The lowest BCUT2D eigenvalue weighted by molar-refractivity contribution is -0.126. The molecule has 20 heavy (non-hydrogen) atoms. The summed E-state index contributed by atoms with van der Waals surface area (Å²) in [6.07, 6.45) is 6.69. The predicted molar refractivity (Wildman–Crippen MR) is 80.8 cm³/mol. The summed E-state index contributed by atoms with van der Waals surface area (Å²) in [5, 5.41) is 8.70. The number of halogens is 1. The molecule has 0 bridgehead atoms. The van der Waals surface area contributed by atoms with E-state index in [0.29, 0.717) is 18.9 Å². The van der Waals surface area contributed by atoms with Crippen LogP contribution in [-0.4, -0.2) is 38.0 Å². The minimum Gasteiger partial charge on any atom is -0.354 e. The zero-order valence-corrected chi connectivity index (χ0v) is 12.8. The molecule has 116 valence electrons. The highest BCUT2D eigenvalue weighted by atomic mass is 35.5. The summed E-state index contributed by atoms with van der Waals surface area (Å²) in [7, 11) is 0. The Morgan fingerprint density at radius 3 is 2.30 bits per heavy atom. The van der Waals surface area contributed by atoms with Crippen molar-refractivity contribution in [3.05, 3.63) is 0 Å². The Balaban J connectivity index is 0.00000200. The molecule has 1 aliphatic carbocycles. The molecule has 2 rings (SSSR count). The van der Waals surface area contributed by atoms with E-state index < -0.39 is 0 Å². The van der Waals surface area contributed by atoms with Gasteiger partial charge in [-0.1, -0.05) is 25.7 Å². The maximum absolute atomic E-state index is 11.6. The van der Waals surface area contributed by atoms with Crippen molar-refractivity contribution >= 4 is 24.2 Å². The average molecular weight is 304 g/mol. The SMILES string of the molecule is Cl.O=C(CCC1CCCC1)NCC(=O)NCC1CNC1. The van der Waals surface area contributed by atoms with Gasteiger partial charge in [0, 0.05) is 32.0 Å². The summed E-state index contributed by atoms with van der Waals surface area (Å²) in [6, 6.07) is 0. The van der Waals surface area contributed by atoms with E-state index in [9.17, 15) is 9.59 Å². The molecule has 2 amide bonds. The summed E-state index contributed by atoms with van der Waals surface area (Å²) in [5.41, 5.74) is 0. The third-order valence-corrected chi connectivity index (χ3v) is 4.15. The molecule has 0 spiro atoms. The van der Waals surface area contributed by atoms with Gasteiger partial charge in [-0.25, -0.2) is 0 Å². The van der Waals surface area contributed by atoms with E-state index in [-0.39, 0.29) is 30.8 Å². The first-order chi connectivity index (χ1) is 9.24. The van der Waals surface area contributed by atoms with Crippen LogP contribution in [0.15, 0.2) is 0 Å². The number of carbonyl (C=O) groups is 2. The molecule has 2 fully saturated rings. The monoisotopic (exact) mass is 303 g/mol. The number of hydrogen-bond acceptors (Lipinski definition) is 3. The van der Waals surface area contributed by atoms with Crippen LogP contribution in [0.5, 0.6) is 0 Å². The van der Waals surface area contributed by atoms with Crippen LogP contribution in [0.3, 0.4) is 0 Å². The average Bonchev–Trinajstić information content (AvgIpc) is 2.85. The van der Waals surface area contributed by atoms with Crippen molar-refractivity contribution in [3.63, 3.8) is 0 Å². The lowest BCUT2D eigenvalue weighted by atomic mass is 10.0. The first-order valence-electron chi connectivity index (χ1n) is 7.48. The molecule has 0 aromatic heterocycles. The summed E-state index contributed by atoms with van der Waals surface area (Å²) in [6.45, 7) is 2.79. The minimum atomic E-state index is -0.0823. The molecule has 0 aromatic rings. The van der Waals surface area contributed by atoms with Crippen LogP contribution in [0, 0.1) is 11.8 Å². The maximum atomic E-state index is 11.6. The van der Waals surface area contributed by atoms with Crippen molar-refractivity contribution in [2.24, 2.45) is 11.8 Å². The predicted octanol–water partition coefficient (Wildman–Crippen LogP) is 0.830. The zero-order valence-electron chi connectivity index (χ0n) is 12.0. The van der Waals surface area contributed by atoms with Crippen molar-refractivity contribution < 1.29 is 9.59 Å². The van der Waals surface area contributed by atoms with E-state index in [4.69, 9.17) is 0 Å². The van der Waals surface area contributed by atoms with E-state index in [1.54, 1.807) is 0 Å². The van der Waals surface area contributed by atoms with Gasteiger partial charge in [-0.3, -0.25) is 9.59 Å². The highest BCUT2D eigenvalue weighted by molar-refractivity contribution is 5.85. The van der Waals surface area contributed by atoms with Crippen molar-refractivity contribution in [1.29, 1.82) is 0 Å². The van der Waals surface area contributed by atoms with Crippen LogP contribution in [-0.2, 0) is 9.59 Å². The Morgan fingerprint density at radius 1 is 1.00 bits per heavy atom. The second-order valence-corrected chi connectivity index (χ2v) is 5.79. The number of amides is 2. The Labute approximate surface area is 127 Å². The van der Waals surface area contributed by atoms with Crippen LogP contribution < -0.4 is 16.0 Å². The van der Waals surface area contributed by atoms with E-state index in [0.717, 1.165) is 25.4 Å². The van der Waals surface area contributed by atoms with Crippen molar-refractivity contribution in [1.82, 2.24) is 16.0 Å². The van der Waals surface area contributed by atoms with Gasteiger partial charge < -0.3 is 16.0 Å². The highest BCUT2D eigenvalue weighted by Gasteiger charge is 2.18. The fourth-order valence-corrected chi connectivity index (χ4v) is 2.71. The molecule has 3 N–H and O–H groups in total. The molecular formula is C14H26ClN3O2. The smallest absolute Gasteiger partial charge is 0.239 e. The van der Waals surface area contributed by atoms with Gasteiger partial charge in [-0.2, -0.15) is 0 Å². The summed E-state index contributed by atoms with van der Waals surface area (Å²) < 4.78 is 0. The Morgan fingerprint density at radius 2 is 1.70 bits per heavy atom. The van der Waals surface area contributed by atoms with Crippen molar-refractivity contribution in [2.45, 2.75) is 38.5 Å². The van der Waals surface area contributed by atoms with Gasteiger partial charge in [0.1, 0.15) is 0 Å². The van der Waals surface area contributed by atoms with Gasteiger partial charge in [0.25, 0.3) is 0 Å². The molecule has 1 aliphatic heterocycles. The molecule has 1 heterocycles. The number of hydrogen-bond donors (Lipinski definition) is 3. The molecule has 0 radical (unpaired) electrons. The molecule has 6 heteroatoms. The molecule has 0 unspecified atom stereocenters. The normalized spacial score (nSPS) is 19.0. The van der Waals surface area contributed by atoms with E-state index in [1.807, 2.05) is 0 Å². The van der Waals surface area contributed by atoms with Gasteiger partial charge in [0.15, 0.2) is 0 Å². The largest absolute Gasteiger partial charge is 0.354 e. The van der Waals surface area contributed by atoms with Crippen LogP contribution in [0.2, 0.25) is 0 Å². The fraction of sp³-hybridized carbons (Fsp3) is 0.857. The van der Waals surface area contributed by atoms with Gasteiger partial charge in [0.2, 0.25) is 11.8 Å². The van der Waals surface area contributed by atoms with Crippen molar-refractivity contribution in [2.75, 3.05) is 26.2 Å². The lowest BCUT2D eigenvalue weighted by Gasteiger charge is -2.27. The van der Waals surface area contributed by atoms with E-state index >= 15 is 0 Å². The van der Waals surface area contributed by atoms with Crippen LogP contribution >= 0.6 is 12.4 Å². The molecule has 2 aliphatic rings. The minimum absolute atomic E-state index is 0. The van der Waals surface area contributed by atoms with Gasteiger partial charge >= 0.3 is 0 Å². The number of rotatable bonds is 7. The number of nitrogens with one attached hydrogen (secondary N) is 3. The first-order valence-corrected chi connectivity index (χ1v) is 7.48. The van der Waals surface area contributed by atoms with Crippen LogP contribution in [0.25, 0.3) is 0 Å². The molecule has 0 atom stereocenters. The lowest BCUT2D eigenvalue weighted by Crippen LogP contribution is -2.49. The van der Waals surface area contributed by atoms with Gasteiger partial charge in [0.05, 0.1) is 6.54 Å². The highest BCUT2D eigenvalue weighted by Crippen LogP contribution is 2.28. The second-order valence-electron chi connectivity index (χ2n) is 5.79. The molecule has 1 saturated carbocycles. The fourth-order valence-electron chi connectivity index (χ4n) is 2.71. The van der Waals surface area contributed by atoms with E-state index in [2.05, 4.69) is 16.0 Å². The van der Waals surface area contributed by atoms with E-state index in [1.165, 1.54) is 25.7 Å². The van der Waals surface area contributed by atoms with Gasteiger partial charge in [-0.15, -0.1) is 12.4 Å². The summed E-state index contributed by atoms with van der Waals surface area (Å²) in [4.78, 5) is 23.1. The summed E-state index contributed by atoms with van der Waals surface area (Å²) in [5.74, 6) is 1.21. The number of carbonyl (C=O) groups excluding carboxylic acids is 2. The Kier molecular flexibility index (Phi) is 7.92. The first kappa shape index (κ1) is 17.2. The standard InChI is InChI=1S/C14H25N3O2.ClH/c18-13(6-5-11-3-1-2-4-11)17-10-14(19)16-9-12-7-15-8-12;/h11-12,15H,1-10H2,(H,16,19)(H,17,18);1H. The quantitative estimate of drug-likeness (QED) is 0.652. The van der Waals surface area contributed by atoms with Gasteiger partial charge in [-0.05, 0) is 12.3 Å². The zero-order chi connectivity index (χ0) is 13.5. The molecule has 0 aromatic carbocycles. The molecular weight excluding hydrogens is 278 g/mol. The van der Waals surface area contributed by atoms with Crippen molar-refractivity contribution in [3.8, 4) is 0 Å². The third kappa shape index (κ3) is 6.09. The summed E-state index contributed by atoms with van der Waals surface area (Å²) >= 11 is 0. The maximum Gasteiger partial charge on any atom is 0.239 e. The molecule has 5 nitrogen and oxygen atoms in total. The second kappa shape index (κ2) is 9.19. The molecule has 1 saturated heterocycles. The topological polar surface area (TPSA) is 70.2 Å². The Hall–Kier alpha value is -0.810.